The van der Waals surface area contributed by atoms with Gasteiger partial charge in [-0.2, -0.15) is 0 Å². The Morgan fingerprint density at radius 2 is 1.30 bits per heavy atom. The first kappa shape index (κ1) is 15.2. The molecule has 0 fully saturated rings. The molecule has 0 spiro atoms. The summed E-state index contributed by atoms with van der Waals surface area (Å²) in [6, 6.07) is 15.8. The van der Waals surface area contributed by atoms with Crippen molar-refractivity contribution in [3.05, 3.63) is 75.8 Å². The van der Waals surface area contributed by atoms with E-state index in [1.54, 1.807) is 0 Å². The summed E-state index contributed by atoms with van der Waals surface area (Å²) in [5.41, 5.74) is 3.44. The highest BCUT2D eigenvalue weighted by Crippen LogP contribution is 2.31. The molecule has 2 heteroatoms. The molecular weight excluding hydrogens is 287 g/mol. The van der Waals surface area contributed by atoms with Gasteiger partial charge in [-0.05, 0) is 46.4 Å². The van der Waals surface area contributed by atoms with Crippen LogP contribution in [0.1, 0.15) is 31.9 Å². The Bertz CT molecular complexity index is 586. The van der Waals surface area contributed by atoms with Crippen molar-refractivity contribution < 1.29 is 0 Å². The van der Waals surface area contributed by atoms with Gasteiger partial charge in [-0.3, -0.25) is 0 Å². The van der Waals surface area contributed by atoms with Crippen molar-refractivity contribution in [2.75, 3.05) is 0 Å². The molecule has 0 aliphatic carbocycles. The van der Waals surface area contributed by atoms with Crippen LogP contribution in [0.5, 0.6) is 0 Å². The standard InChI is InChI=1S/C18H18Cl2/c1-18(2,3)12-17(13-6-4-8-15(19)10-13)14-7-5-9-16(20)11-14/h4-12H,1-3H3. The van der Waals surface area contributed by atoms with Crippen LogP contribution < -0.4 is 0 Å². The van der Waals surface area contributed by atoms with Crippen LogP contribution in [0, 0.1) is 5.41 Å². The molecule has 2 rings (SSSR count). The molecule has 20 heavy (non-hydrogen) atoms. The normalized spacial score (nSPS) is 11.2. The summed E-state index contributed by atoms with van der Waals surface area (Å²) in [4.78, 5) is 0. The molecule has 0 saturated carbocycles. The molecule has 0 radical (unpaired) electrons. The van der Waals surface area contributed by atoms with Gasteiger partial charge in [-0.1, -0.05) is 74.3 Å². The van der Waals surface area contributed by atoms with E-state index in [4.69, 9.17) is 23.2 Å². The average Bonchev–Trinajstić information content (AvgIpc) is 2.35. The number of benzene rings is 2. The van der Waals surface area contributed by atoms with E-state index in [9.17, 15) is 0 Å². The predicted molar refractivity (Wildman–Crippen MR) is 89.4 cm³/mol. The Labute approximate surface area is 131 Å². The lowest BCUT2D eigenvalue weighted by atomic mass is 9.88. The van der Waals surface area contributed by atoms with Crippen molar-refractivity contribution in [1.82, 2.24) is 0 Å². The van der Waals surface area contributed by atoms with Crippen LogP contribution in [0.15, 0.2) is 54.6 Å². The Balaban J connectivity index is 2.60. The highest BCUT2D eigenvalue weighted by molar-refractivity contribution is 6.31. The van der Waals surface area contributed by atoms with Gasteiger partial charge in [-0.25, -0.2) is 0 Å². The molecule has 0 aliphatic rings. The molecule has 0 nitrogen and oxygen atoms in total. The average molecular weight is 305 g/mol. The van der Waals surface area contributed by atoms with Gasteiger partial charge in [0, 0.05) is 10.0 Å². The molecule has 104 valence electrons. The van der Waals surface area contributed by atoms with Gasteiger partial charge >= 0.3 is 0 Å². The molecule has 0 aromatic heterocycles. The summed E-state index contributed by atoms with van der Waals surface area (Å²) in [6.45, 7) is 6.55. The Morgan fingerprint density at radius 1 is 0.850 bits per heavy atom. The van der Waals surface area contributed by atoms with E-state index in [1.165, 1.54) is 0 Å². The van der Waals surface area contributed by atoms with Gasteiger partial charge in [0.05, 0.1) is 0 Å². The summed E-state index contributed by atoms with van der Waals surface area (Å²) >= 11 is 12.3. The molecule has 0 heterocycles. The van der Waals surface area contributed by atoms with Crippen molar-refractivity contribution in [1.29, 1.82) is 0 Å². The Hall–Kier alpha value is -1.24. The third-order valence-corrected chi connectivity index (χ3v) is 3.32. The quantitative estimate of drug-likeness (QED) is 0.596. The molecule has 0 atom stereocenters. The fraction of sp³-hybridized carbons (Fsp3) is 0.222. The summed E-state index contributed by atoms with van der Waals surface area (Å²) in [6.07, 6.45) is 2.25. The first-order valence-electron chi connectivity index (χ1n) is 6.60. The highest BCUT2D eigenvalue weighted by atomic mass is 35.5. The van der Waals surface area contributed by atoms with Crippen LogP contribution in [0.25, 0.3) is 5.57 Å². The van der Waals surface area contributed by atoms with E-state index in [2.05, 4.69) is 39.0 Å². The van der Waals surface area contributed by atoms with Crippen molar-refractivity contribution in [3.63, 3.8) is 0 Å². The van der Waals surface area contributed by atoms with Gasteiger partial charge in [0.25, 0.3) is 0 Å². The lowest BCUT2D eigenvalue weighted by Crippen LogP contribution is -2.02. The number of hydrogen-bond donors (Lipinski definition) is 0. The topological polar surface area (TPSA) is 0 Å². The number of halogens is 2. The zero-order valence-corrected chi connectivity index (χ0v) is 13.5. The van der Waals surface area contributed by atoms with Crippen molar-refractivity contribution >= 4 is 28.8 Å². The first-order chi connectivity index (χ1) is 9.35. The fourth-order valence-electron chi connectivity index (χ4n) is 2.08. The van der Waals surface area contributed by atoms with Crippen LogP contribution in [0.2, 0.25) is 10.0 Å². The van der Waals surface area contributed by atoms with Crippen LogP contribution >= 0.6 is 23.2 Å². The zero-order valence-electron chi connectivity index (χ0n) is 12.0. The van der Waals surface area contributed by atoms with E-state index in [1.807, 2.05) is 36.4 Å². The lowest BCUT2D eigenvalue weighted by Gasteiger charge is -2.17. The zero-order chi connectivity index (χ0) is 14.8. The summed E-state index contributed by atoms with van der Waals surface area (Å²) in [5.74, 6) is 0. The second-order valence-corrected chi connectivity index (χ2v) is 6.82. The van der Waals surface area contributed by atoms with E-state index in [-0.39, 0.29) is 5.41 Å². The molecule has 2 aromatic carbocycles. The Morgan fingerprint density at radius 3 is 1.65 bits per heavy atom. The molecule has 0 unspecified atom stereocenters. The smallest absolute Gasteiger partial charge is 0.0412 e. The first-order valence-corrected chi connectivity index (χ1v) is 7.35. The highest BCUT2D eigenvalue weighted by Gasteiger charge is 2.12. The molecule has 0 saturated heterocycles. The second kappa shape index (κ2) is 6.03. The van der Waals surface area contributed by atoms with E-state index in [0.717, 1.165) is 26.7 Å². The maximum absolute atomic E-state index is 6.13. The van der Waals surface area contributed by atoms with Crippen molar-refractivity contribution in [3.8, 4) is 0 Å². The van der Waals surface area contributed by atoms with Gasteiger partial charge in [-0.15, -0.1) is 0 Å². The van der Waals surface area contributed by atoms with Gasteiger partial charge < -0.3 is 0 Å². The van der Waals surface area contributed by atoms with Crippen LogP contribution in [0.3, 0.4) is 0 Å². The number of rotatable bonds is 2. The lowest BCUT2D eigenvalue weighted by molar-refractivity contribution is 0.546. The second-order valence-electron chi connectivity index (χ2n) is 5.94. The SMILES string of the molecule is CC(C)(C)C=C(c1cccc(Cl)c1)c1cccc(Cl)c1. The maximum Gasteiger partial charge on any atom is 0.0412 e. The van der Waals surface area contributed by atoms with E-state index < -0.39 is 0 Å². The van der Waals surface area contributed by atoms with Gasteiger partial charge in [0.15, 0.2) is 0 Å². The molecule has 0 N–H and O–H groups in total. The van der Waals surface area contributed by atoms with Gasteiger partial charge in [0.2, 0.25) is 0 Å². The van der Waals surface area contributed by atoms with Crippen LogP contribution in [-0.4, -0.2) is 0 Å². The maximum atomic E-state index is 6.13. The van der Waals surface area contributed by atoms with E-state index >= 15 is 0 Å². The largest absolute Gasteiger partial charge is 0.0843 e. The third kappa shape index (κ3) is 4.13. The monoisotopic (exact) mass is 304 g/mol. The summed E-state index contributed by atoms with van der Waals surface area (Å²) < 4.78 is 0. The molecule has 0 amide bonds. The van der Waals surface area contributed by atoms with E-state index in [0.29, 0.717) is 0 Å². The van der Waals surface area contributed by atoms with Crippen molar-refractivity contribution in [2.45, 2.75) is 20.8 Å². The molecule has 0 bridgehead atoms. The molecule has 0 aliphatic heterocycles. The summed E-state index contributed by atoms with van der Waals surface area (Å²) in [7, 11) is 0. The molecular formula is C18H18Cl2. The minimum absolute atomic E-state index is 0.0694. The Kier molecular flexibility index (Phi) is 4.57. The van der Waals surface area contributed by atoms with Crippen LogP contribution in [0.4, 0.5) is 0 Å². The fourth-order valence-corrected chi connectivity index (χ4v) is 2.46. The molecule has 2 aromatic rings. The van der Waals surface area contributed by atoms with Crippen LogP contribution in [-0.2, 0) is 0 Å². The summed E-state index contributed by atoms with van der Waals surface area (Å²) in [5, 5.41) is 1.48. The predicted octanol–water partition coefficient (Wildman–Crippen LogP) is 6.47. The minimum atomic E-state index is 0.0694. The number of hydrogen-bond acceptors (Lipinski definition) is 0. The van der Waals surface area contributed by atoms with Gasteiger partial charge in [0.1, 0.15) is 0 Å². The third-order valence-electron chi connectivity index (χ3n) is 2.85. The van der Waals surface area contributed by atoms with Crippen molar-refractivity contribution in [2.24, 2.45) is 5.41 Å². The number of allylic oxidation sites excluding steroid dienone is 1. The minimum Gasteiger partial charge on any atom is -0.0843 e.